The molecule has 3 nitrogen and oxygen atoms in total. The molecule has 64 valence electrons. The Kier molecular flexibility index (Phi) is 3.15. The van der Waals surface area contributed by atoms with Gasteiger partial charge >= 0.3 is 0 Å². The van der Waals surface area contributed by atoms with Crippen molar-refractivity contribution < 1.29 is 4.79 Å². The normalized spacial score (nSPS) is 30.4. The van der Waals surface area contributed by atoms with Gasteiger partial charge in [0.2, 0.25) is 5.91 Å². The second-order valence-electron chi connectivity index (χ2n) is 2.97. The number of rotatable bonds is 2. The van der Waals surface area contributed by atoms with Crippen molar-refractivity contribution in [2.45, 2.75) is 31.3 Å². The van der Waals surface area contributed by atoms with Crippen molar-refractivity contribution in [3.8, 4) is 0 Å². The van der Waals surface area contributed by atoms with E-state index < -0.39 is 0 Å². The maximum atomic E-state index is 10.8. The van der Waals surface area contributed by atoms with Crippen LogP contribution < -0.4 is 11.1 Å². The first kappa shape index (κ1) is 8.81. The average Bonchev–Trinajstić information content (AvgIpc) is 2.35. The van der Waals surface area contributed by atoms with E-state index in [1.165, 1.54) is 0 Å². The lowest BCUT2D eigenvalue weighted by atomic mass is 10.2. The van der Waals surface area contributed by atoms with Gasteiger partial charge in [0, 0.05) is 12.1 Å². The highest BCUT2D eigenvalue weighted by Gasteiger charge is 2.22. The third-order valence-corrected chi connectivity index (χ3v) is 2.20. The van der Waals surface area contributed by atoms with E-state index in [1.54, 1.807) is 0 Å². The topological polar surface area (TPSA) is 55.1 Å². The van der Waals surface area contributed by atoms with Crippen LogP contribution in [-0.4, -0.2) is 23.9 Å². The summed E-state index contributed by atoms with van der Waals surface area (Å²) in [7, 11) is 0. The van der Waals surface area contributed by atoms with Crippen LogP contribution in [0.4, 0.5) is 0 Å². The van der Waals surface area contributed by atoms with Gasteiger partial charge in [-0.25, -0.2) is 0 Å². The highest BCUT2D eigenvalue weighted by atomic mass is 35.5. The number of carbonyl (C=O) groups excluding carboxylic acids is 1. The number of amides is 1. The fraction of sp³-hybridized carbons (Fsp3) is 0.857. The van der Waals surface area contributed by atoms with E-state index >= 15 is 0 Å². The van der Waals surface area contributed by atoms with Crippen molar-refractivity contribution in [3.05, 3.63) is 0 Å². The van der Waals surface area contributed by atoms with E-state index in [2.05, 4.69) is 5.32 Å². The molecule has 4 heteroatoms. The molecule has 0 aromatic carbocycles. The molecule has 0 heterocycles. The lowest BCUT2D eigenvalue weighted by Gasteiger charge is -2.10. The SMILES string of the molecule is NC1CCC(NC(=O)CCl)C1. The van der Waals surface area contributed by atoms with Gasteiger partial charge in [0.1, 0.15) is 5.88 Å². The number of alkyl halides is 1. The quantitative estimate of drug-likeness (QED) is 0.592. The predicted octanol–water partition coefficient (Wildman–Crippen LogP) is 0.221. The Labute approximate surface area is 71.3 Å². The number of carbonyl (C=O) groups is 1. The molecule has 1 amide bonds. The standard InChI is InChI=1S/C7H13ClN2O/c8-4-7(11)10-6-2-1-5(9)3-6/h5-6H,1-4,9H2,(H,10,11). The molecule has 1 saturated carbocycles. The number of nitrogens with one attached hydrogen (secondary N) is 1. The molecule has 0 radical (unpaired) electrons. The molecule has 0 spiro atoms. The molecule has 0 aromatic heterocycles. The summed E-state index contributed by atoms with van der Waals surface area (Å²) < 4.78 is 0. The second kappa shape index (κ2) is 3.93. The highest BCUT2D eigenvalue weighted by Crippen LogP contribution is 2.16. The molecule has 0 saturated heterocycles. The van der Waals surface area contributed by atoms with Crippen molar-refractivity contribution in [2.24, 2.45) is 5.73 Å². The smallest absolute Gasteiger partial charge is 0.235 e. The summed E-state index contributed by atoms with van der Waals surface area (Å²) in [5.41, 5.74) is 5.66. The molecule has 0 aromatic rings. The van der Waals surface area contributed by atoms with Gasteiger partial charge < -0.3 is 11.1 Å². The van der Waals surface area contributed by atoms with Crippen LogP contribution in [0.25, 0.3) is 0 Å². The van der Waals surface area contributed by atoms with Crippen molar-refractivity contribution in [3.63, 3.8) is 0 Å². The molecule has 1 aliphatic carbocycles. The Balaban J connectivity index is 2.23. The molecule has 0 bridgehead atoms. The highest BCUT2D eigenvalue weighted by molar-refractivity contribution is 6.27. The molecular weight excluding hydrogens is 164 g/mol. The number of hydrogen-bond donors (Lipinski definition) is 2. The minimum absolute atomic E-state index is 0.0474. The monoisotopic (exact) mass is 176 g/mol. The first-order valence-corrected chi connectivity index (χ1v) is 4.36. The van der Waals surface area contributed by atoms with E-state index in [0.717, 1.165) is 19.3 Å². The van der Waals surface area contributed by atoms with Crippen LogP contribution in [-0.2, 0) is 4.79 Å². The summed E-state index contributed by atoms with van der Waals surface area (Å²) in [6, 6.07) is 0.520. The Bertz CT molecular complexity index is 151. The molecule has 1 fully saturated rings. The number of nitrogens with two attached hydrogens (primary N) is 1. The van der Waals surface area contributed by atoms with E-state index in [9.17, 15) is 4.79 Å². The third kappa shape index (κ3) is 2.67. The Morgan fingerprint density at radius 2 is 2.36 bits per heavy atom. The summed E-state index contributed by atoms with van der Waals surface area (Å²) >= 11 is 5.32. The van der Waals surface area contributed by atoms with Crippen LogP contribution in [0.15, 0.2) is 0 Å². The molecular formula is C7H13ClN2O. The van der Waals surface area contributed by atoms with Crippen LogP contribution in [0.2, 0.25) is 0 Å². The van der Waals surface area contributed by atoms with Gasteiger partial charge in [-0.3, -0.25) is 4.79 Å². The maximum absolute atomic E-state index is 10.8. The summed E-state index contributed by atoms with van der Waals surface area (Å²) in [5, 5.41) is 2.81. The van der Waals surface area contributed by atoms with Gasteiger partial charge in [-0.1, -0.05) is 0 Å². The van der Waals surface area contributed by atoms with Crippen molar-refractivity contribution in [1.29, 1.82) is 0 Å². The van der Waals surface area contributed by atoms with Crippen LogP contribution in [0.5, 0.6) is 0 Å². The van der Waals surface area contributed by atoms with Gasteiger partial charge in [-0.05, 0) is 19.3 Å². The molecule has 1 rings (SSSR count). The van der Waals surface area contributed by atoms with Gasteiger partial charge in [0.05, 0.1) is 0 Å². The van der Waals surface area contributed by atoms with Gasteiger partial charge in [-0.15, -0.1) is 11.6 Å². The predicted molar refractivity (Wildman–Crippen MR) is 44.5 cm³/mol. The minimum atomic E-state index is -0.0919. The Hall–Kier alpha value is -0.280. The molecule has 0 aliphatic heterocycles. The summed E-state index contributed by atoms with van der Waals surface area (Å²) in [5.74, 6) is -0.0445. The zero-order valence-corrected chi connectivity index (χ0v) is 7.10. The molecule has 2 unspecified atom stereocenters. The lowest BCUT2D eigenvalue weighted by Crippen LogP contribution is -2.34. The summed E-state index contributed by atoms with van der Waals surface area (Å²) in [6.07, 6.45) is 2.89. The third-order valence-electron chi connectivity index (χ3n) is 1.96. The minimum Gasteiger partial charge on any atom is -0.352 e. The van der Waals surface area contributed by atoms with Crippen molar-refractivity contribution in [2.75, 3.05) is 5.88 Å². The Morgan fingerprint density at radius 1 is 1.64 bits per heavy atom. The van der Waals surface area contributed by atoms with Gasteiger partial charge in [0.15, 0.2) is 0 Å². The molecule has 3 N–H and O–H groups in total. The number of hydrogen-bond acceptors (Lipinski definition) is 2. The van der Waals surface area contributed by atoms with Crippen LogP contribution >= 0.6 is 11.6 Å². The second-order valence-corrected chi connectivity index (χ2v) is 3.24. The summed E-state index contributed by atoms with van der Waals surface area (Å²) in [6.45, 7) is 0. The summed E-state index contributed by atoms with van der Waals surface area (Å²) in [4.78, 5) is 10.8. The fourth-order valence-corrected chi connectivity index (χ4v) is 1.49. The maximum Gasteiger partial charge on any atom is 0.235 e. The fourth-order valence-electron chi connectivity index (χ4n) is 1.41. The van der Waals surface area contributed by atoms with Crippen molar-refractivity contribution in [1.82, 2.24) is 5.32 Å². The zero-order valence-electron chi connectivity index (χ0n) is 6.35. The van der Waals surface area contributed by atoms with E-state index in [1.807, 2.05) is 0 Å². The van der Waals surface area contributed by atoms with Crippen molar-refractivity contribution >= 4 is 17.5 Å². The van der Waals surface area contributed by atoms with Gasteiger partial charge in [0.25, 0.3) is 0 Å². The largest absolute Gasteiger partial charge is 0.352 e. The van der Waals surface area contributed by atoms with E-state index in [-0.39, 0.29) is 23.9 Å². The lowest BCUT2D eigenvalue weighted by molar-refractivity contribution is -0.119. The van der Waals surface area contributed by atoms with Crippen LogP contribution in [0.3, 0.4) is 0 Å². The van der Waals surface area contributed by atoms with E-state index in [0.29, 0.717) is 0 Å². The average molecular weight is 177 g/mol. The first-order valence-electron chi connectivity index (χ1n) is 3.83. The first-order chi connectivity index (χ1) is 5.22. The van der Waals surface area contributed by atoms with Crippen LogP contribution in [0.1, 0.15) is 19.3 Å². The molecule has 1 aliphatic rings. The molecule has 2 atom stereocenters. The van der Waals surface area contributed by atoms with E-state index in [4.69, 9.17) is 17.3 Å². The number of halogens is 1. The zero-order chi connectivity index (χ0) is 8.27. The van der Waals surface area contributed by atoms with Crippen LogP contribution in [0, 0.1) is 0 Å². The molecule has 11 heavy (non-hydrogen) atoms. The Morgan fingerprint density at radius 3 is 2.82 bits per heavy atom. The van der Waals surface area contributed by atoms with Gasteiger partial charge in [-0.2, -0.15) is 0 Å².